The fraction of sp³-hybridized carbons (Fsp3) is 0.265. The average molecular weight is 705 g/mol. The van der Waals surface area contributed by atoms with E-state index in [4.69, 9.17) is 9.97 Å². The lowest BCUT2D eigenvalue weighted by Gasteiger charge is -2.50. The normalized spacial score (nSPS) is 17.8. The molecular weight excluding hydrogens is 655 g/mol. The zero-order chi connectivity index (χ0) is 37.4. The standard InChI is InChI=1S/C49H49BN4/c1-32-21-24-38-46(29-32)54(42-26-23-34(49(5,6)7)31-36(42)40-17-11-13-28-52-40)45-20-14-19-44-47(45)50(38)37-15-8-9-18-43(37)53(44)41-25-22-33(48(2,3)4)30-35(41)39-16-10-12-27-51-39/h8-20,22-28,30-32,46H,21,29H2,1-7H3. The molecule has 0 bridgehead atoms. The summed E-state index contributed by atoms with van der Waals surface area (Å²) in [6.07, 6.45) is 8.61. The largest absolute Gasteiger partial charge is 0.335 e. The highest BCUT2D eigenvalue weighted by Gasteiger charge is 2.48. The molecule has 268 valence electrons. The number of pyridine rings is 2. The molecule has 0 fully saturated rings. The summed E-state index contributed by atoms with van der Waals surface area (Å²) in [4.78, 5) is 15.1. The Morgan fingerprint density at radius 2 is 1.17 bits per heavy atom. The lowest BCUT2D eigenvalue weighted by molar-refractivity contribution is 0.475. The van der Waals surface area contributed by atoms with E-state index in [2.05, 4.69) is 167 Å². The SMILES string of the molecule is CC1CC=C2B3c4ccccc4N(c4ccc(C(C)(C)C)cc4-c4ccccn4)c4cccc(c43)N(c3ccc(C(C)(C)C)cc3-c3ccccn3)C2C1. The highest BCUT2D eigenvalue weighted by atomic mass is 15.2. The zero-order valence-corrected chi connectivity index (χ0v) is 32.6. The van der Waals surface area contributed by atoms with Gasteiger partial charge in [-0.05, 0) is 118 Å². The first-order valence-corrected chi connectivity index (χ1v) is 19.6. The van der Waals surface area contributed by atoms with Crippen molar-refractivity contribution in [2.45, 2.75) is 78.2 Å². The lowest BCUT2D eigenvalue weighted by Crippen LogP contribution is -2.61. The van der Waals surface area contributed by atoms with Crippen LogP contribution in [0.4, 0.5) is 28.4 Å². The van der Waals surface area contributed by atoms with Gasteiger partial charge >= 0.3 is 0 Å². The number of anilines is 5. The maximum absolute atomic E-state index is 4.95. The number of rotatable bonds is 4. The molecule has 4 aromatic carbocycles. The Hall–Kier alpha value is -5.42. The zero-order valence-electron chi connectivity index (χ0n) is 32.6. The van der Waals surface area contributed by atoms with E-state index in [1.165, 1.54) is 55.8 Å². The Bertz CT molecular complexity index is 2400. The van der Waals surface area contributed by atoms with E-state index in [0.717, 1.165) is 35.5 Å². The first-order chi connectivity index (χ1) is 26.0. The molecule has 4 nitrogen and oxygen atoms in total. The van der Waals surface area contributed by atoms with Crippen LogP contribution >= 0.6 is 0 Å². The number of para-hydroxylation sites is 1. The van der Waals surface area contributed by atoms with Crippen LogP contribution in [0, 0.1) is 5.92 Å². The molecule has 2 aliphatic heterocycles. The number of allylic oxidation sites excluding steroid dienone is 1. The predicted molar refractivity (Wildman–Crippen MR) is 229 cm³/mol. The van der Waals surface area contributed by atoms with Gasteiger partial charge in [-0.3, -0.25) is 9.97 Å². The Morgan fingerprint density at radius 1 is 0.593 bits per heavy atom. The minimum absolute atomic E-state index is 0.00342. The van der Waals surface area contributed by atoms with Crippen LogP contribution < -0.4 is 20.7 Å². The highest BCUT2D eigenvalue weighted by molar-refractivity contribution is 6.95. The summed E-state index contributed by atoms with van der Waals surface area (Å²) in [5.41, 5.74) is 17.3. The summed E-state index contributed by atoms with van der Waals surface area (Å²) in [5.74, 6) is 0.579. The van der Waals surface area contributed by atoms with Crippen LogP contribution in [0.25, 0.3) is 22.5 Å². The van der Waals surface area contributed by atoms with Gasteiger partial charge < -0.3 is 9.80 Å². The molecule has 2 unspecified atom stereocenters. The summed E-state index contributed by atoms with van der Waals surface area (Å²) in [5, 5.41) is 0. The van der Waals surface area contributed by atoms with Crippen LogP contribution in [0.2, 0.25) is 0 Å². The van der Waals surface area contributed by atoms with Crippen molar-refractivity contribution in [3.8, 4) is 22.5 Å². The molecule has 0 spiro atoms. The molecule has 6 aromatic rings. The van der Waals surface area contributed by atoms with Crippen molar-refractivity contribution in [2.75, 3.05) is 9.80 Å². The van der Waals surface area contributed by atoms with E-state index in [0.29, 0.717) is 5.92 Å². The van der Waals surface area contributed by atoms with Gasteiger partial charge in [0.2, 0.25) is 6.71 Å². The predicted octanol–water partition coefficient (Wildman–Crippen LogP) is 11.2. The third-order valence-electron chi connectivity index (χ3n) is 11.9. The molecule has 4 heterocycles. The number of hydrogen-bond acceptors (Lipinski definition) is 4. The Kier molecular flexibility index (Phi) is 8.19. The van der Waals surface area contributed by atoms with Crippen molar-refractivity contribution < 1.29 is 0 Å². The van der Waals surface area contributed by atoms with Crippen LogP contribution in [0.15, 0.2) is 139 Å². The molecule has 5 heteroatoms. The topological polar surface area (TPSA) is 32.3 Å². The summed E-state index contributed by atoms with van der Waals surface area (Å²) in [6.45, 7) is 16.3. The van der Waals surface area contributed by atoms with Gasteiger partial charge in [0.25, 0.3) is 0 Å². The molecule has 2 atom stereocenters. The van der Waals surface area contributed by atoms with Crippen molar-refractivity contribution >= 4 is 46.1 Å². The van der Waals surface area contributed by atoms with Gasteiger partial charge in [0.15, 0.2) is 0 Å². The van der Waals surface area contributed by atoms with Crippen LogP contribution in [-0.2, 0) is 10.8 Å². The van der Waals surface area contributed by atoms with Gasteiger partial charge in [-0.25, -0.2) is 0 Å². The second kappa shape index (κ2) is 12.9. The molecule has 54 heavy (non-hydrogen) atoms. The summed E-state index contributed by atoms with van der Waals surface area (Å²) in [6, 6.07) is 43.0. The van der Waals surface area contributed by atoms with Gasteiger partial charge in [0.1, 0.15) is 0 Å². The minimum atomic E-state index is -0.00711. The summed E-state index contributed by atoms with van der Waals surface area (Å²) >= 11 is 0. The van der Waals surface area contributed by atoms with E-state index in [9.17, 15) is 0 Å². The van der Waals surface area contributed by atoms with E-state index >= 15 is 0 Å². The molecular formula is C49H49BN4. The maximum atomic E-state index is 4.95. The van der Waals surface area contributed by atoms with Crippen molar-refractivity contribution in [1.29, 1.82) is 0 Å². The van der Waals surface area contributed by atoms with Crippen LogP contribution in [0.5, 0.6) is 0 Å². The number of fused-ring (bicyclic) bond motifs is 4. The third-order valence-corrected chi connectivity index (χ3v) is 11.9. The number of aromatic nitrogens is 2. The van der Waals surface area contributed by atoms with Gasteiger partial charge in [0, 0.05) is 46.6 Å². The number of benzene rings is 4. The molecule has 0 radical (unpaired) electrons. The molecule has 1 aliphatic carbocycles. The smallest absolute Gasteiger partial charge is 0.247 e. The van der Waals surface area contributed by atoms with Crippen LogP contribution in [0.3, 0.4) is 0 Å². The fourth-order valence-electron chi connectivity index (χ4n) is 9.05. The van der Waals surface area contributed by atoms with Gasteiger partial charge in [-0.2, -0.15) is 0 Å². The number of hydrogen-bond donors (Lipinski definition) is 0. The van der Waals surface area contributed by atoms with E-state index in [1.807, 2.05) is 24.5 Å². The first kappa shape index (κ1) is 34.4. The molecule has 0 N–H and O–H groups in total. The lowest BCUT2D eigenvalue weighted by atomic mass is 9.31. The van der Waals surface area contributed by atoms with Crippen molar-refractivity contribution in [2.24, 2.45) is 5.92 Å². The van der Waals surface area contributed by atoms with Gasteiger partial charge in [-0.15, -0.1) is 0 Å². The molecule has 9 rings (SSSR count). The monoisotopic (exact) mass is 704 g/mol. The highest BCUT2D eigenvalue weighted by Crippen LogP contribution is 2.50. The molecule has 0 amide bonds. The fourth-order valence-corrected chi connectivity index (χ4v) is 9.05. The molecule has 2 aromatic heterocycles. The van der Waals surface area contributed by atoms with Gasteiger partial charge in [-0.1, -0.05) is 109 Å². The quantitative estimate of drug-likeness (QED) is 0.171. The average Bonchev–Trinajstić information content (AvgIpc) is 3.17. The second-order valence-electron chi connectivity index (χ2n) is 17.6. The third kappa shape index (κ3) is 5.68. The van der Waals surface area contributed by atoms with E-state index in [-0.39, 0.29) is 23.6 Å². The van der Waals surface area contributed by atoms with Crippen molar-refractivity contribution in [3.05, 3.63) is 150 Å². The molecule has 3 aliphatic rings. The minimum Gasteiger partial charge on any atom is -0.335 e. The van der Waals surface area contributed by atoms with Gasteiger partial charge in [0.05, 0.1) is 22.8 Å². The first-order valence-electron chi connectivity index (χ1n) is 19.6. The van der Waals surface area contributed by atoms with Crippen LogP contribution in [0.1, 0.15) is 72.4 Å². The van der Waals surface area contributed by atoms with Crippen molar-refractivity contribution in [1.82, 2.24) is 9.97 Å². The maximum Gasteiger partial charge on any atom is 0.247 e. The Labute approximate surface area is 321 Å². The Morgan fingerprint density at radius 3 is 1.80 bits per heavy atom. The number of nitrogens with zero attached hydrogens (tertiary/aromatic N) is 4. The van der Waals surface area contributed by atoms with E-state index in [1.54, 1.807) is 0 Å². The molecule has 0 saturated carbocycles. The molecule has 0 saturated heterocycles. The Balaban J connectivity index is 1.33. The summed E-state index contributed by atoms with van der Waals surface area (Å²) in [7, 11) is 0. The summed E-state index contributed by atoms with van der Waals surface area (Å²) < 4.78 is 0. The second-order valence-corrected chi connectivity index (χ2v) is 17.6. The van der Waals surface area contributed by atoms with E-state index < -0.39 is 0 Å². The van der Waals surface area contributed by atoms with Crippen LogP contribution in [-0.4, -0.2) is 22.7 Å². The van der Waals surface area contributed by atoms with Crippen molar-refractivity contribution in [3.63, 3.8) is 0 Å².